The van der Waals surface area contributed by atoms with Gasteiger partial charge in [-0.15, -0.1) is 0 Å². The number of rotatable bonds is 5. The number of piperidine rings is 1. The van der Waals surface area contributed by atoms with Gasteiger partial charge >= 0.3 is 0 Å². The van der Waals surface area contributed by atoms with Crippen LogP contribution in [0.15, 0.2) is 29.4 Å². The number of amides is 2. The number of sulfonamides is 1. The fourth-order valence-corrected chi connectivity index (χ4v) is 3.49. The summed E-state index contributed by atoms with van der Waals surface area (Å²) in [5, 5.41) is 6.57. The normalized spacial score (nSPS) is 18.9. The molecule has 1 aliphatic heterocycles. The van der Waals surface area contributed by atoms with Gasteiger partial charge in [0.15, 0.2) is 0 Å². The Morgan fingerprint density at radius 1 is 1.28 bits per heavy atom. The maximum Gasteiger partial charge on any atom is 0.244 e. The fraction of sp³-hybridized carbons (Fsp3) is 0.438. The van der Waals surface area contributed by atoms with Crippen LogP contribution in [0.3, 0.4) is 0 Å². The minimum Gasteiger partial charge on any atom is -0.326 e. The Morgan fingerprint density at radius 2 is 1.96 bits per heavy atom. The smallest absolute Gasteiger partial charge is 0.244 e. The molecule has 1 saturated heterocycles. The summed E-state index contributed by atoms with van der Waals surface area (Å²) in [6.07, 6.45) is 3.93. The number of hydrogen-bond acceptors (Lipinski definition) is 5. The predicted molar refractivity (Wildman–Crippen MR) is 95.6 cm³/mol. The molecule has 1 fully saturated rings. The van der Waals surface area contributed by atoms with E-state index in [4.69, 9.17) is 0 Å². The molecular weight excluding hydrogens is 344 g/mol. The zero-order valence-corrected chi connectivity index (χ0v) is 15.0. The third-order valence-corrected chi connectivity index (χ3v) is 5.11. The van der Waals surface area contributed by atoms with E-state index < -0.39 is 15.9 Å². The van der Waals surface area contributed by atoms with Gasteiger partial charge in [0.25, 0.3) is 0 Å². The number of hydrogen-bond donors (Lipinski definition) is 2. The third kappa shape index (κ3) is 5.95. The summed E-state index contributed by atoms with van der Waals surface area (Å²) in [6, 6.07) is 6.98. The maximum absolute atomic E-state index is 12.1. The highest BCUT2D eigenvalue weighted by Crippen LogP contribution is 2.18. The van der Waals surface area contributed by atoms with Gasteiger partial charge in [-0.2, -0.15) is 5.10 Å². The molecule has 1 aromatic carbocycles. The van der Waals surface area contributed by atoms with Crippen molar-refractivity contribution in [2.45, 2.75) is 19.8 Å². The first-order valence-corrected chi connectivity index (χ1v) is 9.76. The molecular formula is C16H22N4O4S. The van der Waals surface area contributed by atoms with Crippen molar-refractivity contribution in [3.63, 3.8) is 0 Å². The van der Waals surface area contributed by atoms with E-state index in [2.05, 4.69) is 15.8 Å². The van der Waals surface area contributed by atoms with E-state index >= 15 is 0 Å². The van der Waals surface area contributed by atoms with Crippen molar-refractivity contribution in [2.75, 3.05) is 24.7 Å². The molecule has 2 amide bonds. The number of carbonyl (C=O) groups is 2. The number of hydrazone groups is 1. The van der Waals surface area contributed by atoms with E-state index in [1.807, 2.05) is 0 Å². The van der Waals surface area contributed by atoms with Gasteiger partial charge in [-0.3, -0.25) is 9.59 Å². The quantitative estimate of drug-likeness (QED) is 0.592. The van der Waals surface area contributed by atoms with Crippen molar-refractivity contribution in [1.82, 2.24) is 9.73 Å². The summed E-state index contributed by atoms with van der Waals surface area (Å²) in [5.41, 5.74) is 3.90. The van der Waals surface area contributed by atoms with Gasteiger partial charge in [-0.25, -0.2) is 18.1 Å². The van der Waals surface area contributed by atoms with E-state index in [9.17, 15) is 18.0 Å². The lowest BCUT2D eigenvalue weighted by Gasteiger charge is -2.29. The monoisotopic (exact) mass is 366 g/mol. The summed E-state index contributed by atoms with van der Waals surface area (Å²) in [4.78, 5) is 23.1. The van der Waals surface area contributed by atoms with Crippen molar-refractivity contribution in [3.05, 3.63) is 29.8 Å². The first-order chi connectivity index (χ1) is 11.8. The van der Waals surface area contributed by atoms with Gasteiger partial charge in [0.05, 0.1) is 18.4 Å². The van der Waals surface area contributed by atoms with Crippen LogP contribution in [0, 0.1) is 5.92 Å². The van der Waals surface area contributed by atoms with Crippen LogP contribution < -0.4 is 10.7 Å². The molecule has 0 aliphatic carbocycles. The zero-order valence-electron chi connectivity index (χ0n) is 14.2. The van der Waals surface area contributed by atoms with E-state index in [-0.39, 0.29) is 18.4 Å². The van der Waals surface area contributed by atoms with Gasteiger partial charge in [-0.1, -0.05) is 12.1 Å². The summed E-state index contributed by atoms with van der Waals surface area (Å²) >= 11 is 0. The van der Waals surface area contributed by atoms with Crippen molar-refractivity contribution in [1.29, 1.82) is 0 Å². The molecule has 2 rings (SSSR count). The van der Waals surface area contributed by atoms with Crippen molar-refractivity contribution in [2.24, 2.45) is 11.0 Å². The van der Waals surface area contributed by atoms with Gasteiger partial charge in [0.1, 0.15) is 0 Å². The summed E-state index contributed by atoms with van der Waals surface area (Å²) in [6.45, 7) is 2.07. The number of benzene rings is 1. The zero-order chi connectivity index (χ0) is 18.4. The largest absolute Gasteiger partial charge is 0.326 e. The molecule has 0 radical (unpaired) electrons. The Morgan fingerprint density at radius 3 is 2.56 bits per heavy atom. The Hall–Kier alpha value is -2.26. The molecule has 1 aliphatic rings. The van der Waals surface area contributed by atoms with Gasteiger partial charge in [0, 0.05) is 25.7 Å². The molecule has 25 heavy (non-hydrogen) atoms. The molecule has 0 unspecified atom stereocenters. The molecule has 9 heteroatoms. The number of nitrogens with zero attached hydrogens (tertiary/aromatic N) is 2. The Labute approximate surface area is 147 Å². The Bertz CT molecular complexity index is 759. The van der Waals surface area contributed by atoms with E-state index in [1.165, 1.54) is 17.4 Å². The van der Waals surface area contributed by atoms with Crippen LogP contribution in [0.25, 0.3) is 0 Å². The predicted octanol–water partition coefficient (Wildman–Crippen LogP) is 0.767. The summed E-state index contributed by atoms with van der Waals surface area (Å²) in [7, 11) is -3.28. The average molecular weight is 366 g/mol. The second kappa shape index (κ2) is 8.21. The highest BCUT2D eigenvalue weighted by Gasteiger charge is 2.29. The molecule has 136 valence electrons. The maximum atomic E-state index is 12.1. The van der Waals surface area contributed by atoms with Crippen molar-refractivity contribution < 1.29 is 18.0 Å². The first kappa shape index (κ1) is 19.1. The second-order valence-electron chi connectivity index (χ2n) is 6.00. The topological polar surface area (TPSA) is 108 Å². The second-order valence-corrected chi connectivity index (χ2v) is 7.98. The molecule has 0 aromatic heterocycles. The third-order valence-electron chi connectivity index (χ3n) is 3.84. The van der Waals surface area contributed by atoms with Gasteiger partial charge in [0.2, 0.25) is 21.8 Å². The van der Waals surface area contributed by atoms with E-state index in [1.54, 1.807) is 24.3 Å². The van der Waals surface area contributed by atoms with Crippen LogP contribution in [0.4, 0.5) is 5.69 Å². The highest BCUT2D eigenvalue weighted by molar-refractivity contribution is 7.88. The molecule has 1 aromatic rings. The first-order valence-electron chi connectivity index (χ1n) is 7.91. The molecule has 2 N–H and O–H groups in total. The fourth-order valence-electron chi connectivity index (χ4n) is 2.58. The van der Waals surface area contributed by atoms with E-state index in [0.717, 1.165) is 11.8 Å². The van der Waals surface area contributed by atoms with E-state index in [0.29, 0.717) is 25.1 Å². The van der Waals surface area contributed by atoms with Crippen LogP contribution in [0.1, 0.15) is 25.3 Å². The lowest BCUT2D eigenvalue weighted by atomic mass is 9.99. The van der Waals surface area contributed by atoms with Gasteiger partial charge in [-0.05, 0) is 30.5 Å². The molecule has 1 atom stereocenters. The Balaban J connectivity index is 1.88. The standard InChI is InChI=1S/C16H22N4O4S/c1-12(21)18-15-7-5-13(6-8-15)10-17-19-16(22)14-4-3-9-20(11-14)25(2,23)24/h5-8,10,14H,3-4,9,11H2,1-2H3,(H,18,21)(H,19,22)/b17-10-/t14-/m0/s1. The Kier molecular flexibility index (Phi) is 6.27. The lowest BCUT2D eigenvalue weighted by Crippen LogP contribution is -2.44. The number of anilines is 1. The highest BCUT2D eigenvalue weighted by atomic mass is 32.2. The number of nitrogens with one attached hydrogen (secondary N) is 2. The SMILES string of the molecule is CC(=O)Nc1ccc(/C=N\NC(=O)[C@H]2CCCN(S(C)(=O)=O)C2)cc1. The molecule has 1 heterocycles. The number of carbonyl (C=O) groups excluding carboxylic acids is 2. The van der Waals surface area contributed by atoms with Crippen LogP contribution in [-0.2, 0) is 19.6 Å². The molecule has 8 nitrogen and oxygen atoms in total. The summed E-state index contributed by atoms with van der Waals surface area (Å²) in [5.74, 6) is -0.841. The minimum atomic E-state index is -3.28. The van der Waals surface area contributed by atoms with Crippen LogP contribution in [0.5, 0.6) is 0 Å². The van der Waals surface area contributed by atoms with Crippen LogP contribution in [-0.4, -0.2) is 50.1 Å². The van der Waals surface area contributed by atoms with Crippen LogP contribution in [0.2, 0.25) is 0 Å². The van der Waals surface area contributed by atoms with Crippen molar-refractivity contribution in [3.8, 4) is 0 Å². The van der Waals surface area contributed by atoms with Crippen molar-refractivity contribution >= 4 is 33.7 Å². The lowest BCUT2D eigenvalue weighted by molar-refractivity contribution is -0.126. The minimum absolute atomic E-state index is 0.149. The molecule has 0 bridgehead atoms. The molecule has 0 spiro atoms. The summed E-state index contributed by atoms with van der Waals surface area (Å²) < 4.78 is 24.5. The van der Waals surface area contributed by atoms with Crippen LogP contribution >= 0.6 is 0 Å². The average Bonchev–Trinajstić information content (AvgIpc) is 2.55. The molecule has 0 saturated carbocycles. The van der Waals surface area contributed by atoms with Gasteiger partial charge < -0.3 is 5.32 Å².